The van der Waals surface area contributed by atoms with Crippen molar-refractivity contribution in [2.24, 2.45) is 0 Å². The molecule has 19 heavy (non-hydrogen) atoms. The molecule has 0 bridgehead atoms. The van der Waals surface area contributed by atoms with Crippen LogP contribution in [0.15, 0.2) is 29.2 Å². The van der Waals surface area contributed by atoms with Gasteiger partial charge < -0.3 is 15.2 Å². The van der Waals surface area contributed by atoms with Gasteiger partial charge in [0.2, 0.25) is 0 Å². The maximum atomic E-state index is 11.6. The molecule has 0 unspecified atom stereocenters. The van der Waals surface area contributed by atoms with Gasteiger partial charge in [0.05, 0.1) is 6.10 Å². The van der Waals surface area contributed by atoms with Gasteiger partial charge in [0.25, 0.3) is 0 Å². The van der Waals surface area contributed by atoms with Crippen LogP contribution in [0.5, 0.6) is 5.75 Å². The molecule has 1 heterocycles. The summed E-state index contributed by atoms with van der Waals surface area (Å²) in [6.45, 7) is 1.97. The van der Waals surface area contributed by atoms with E-state index < -0.39 is 6.36 Å². The first-order valence-corrected chi connectivity index (χ1v) is 6.25. The Hall–Kier alpha value is -0.920. The number of benzene rings is 1. The van der Waals surface area contributed by atoms with E-state index in [0.29, 0.717) is 4.90 Å². The number of nitrogens with one attached hydrogen (secondary N) is 1. The summed E-state index contributed by atoms with van der Waals surface area (Å²) < 4.78 is 38.4. The van der Waals surface area contributed by atoms with Crippen molar-refractivity contribution in [2.75, 3.05) is 13.1 Å². The molecule has 108 valence electrons. The van der Waals surface area contributed by atoms with Gasteiger partial charge in [-0.05, 0) is 50.2 Å². The van der Waals surface area contributed by atoms with E-state index in [0.717, 1.165) is 25.9 Å². The number of aliphatic hydroxyl groups is 1. The first-order chi connectivity index (χ1) is 8.87. The summed E-state index contributed by atoms with van der Waals surface area (Å²) in [6.07, 6.45) is -2.79. The van der Waals surface area contributed by atoms with E-state index in [4.69, 9.17) is 5.11 Å². The monoisotopic (exact) mass is 295 g/mol. The number of piperidine rings is 1. The van der Waals surface area contributed by atoms with Gasteiger partial charge in [-0.3, -0.25) is 0 Å². The molecule has 0 saturated carbocycles. The molecule has 0 atom stereocenters. The van der Waals surface area contributed by atoms with Gasteiger partial charge in [0, 0.05) is 4.90 Å². The van der Waals surface area contributed by atoms with E-state index in [-0.39, 0.29) is 11.9 Å². The quantitative estimate of drug-likeness (QED) is 0.698. The lowest BCUT2D eigenvalue weighted by atomic mass is 10.1. The second-order valence-corrected chi connectivity index (χ2v) is 4.54. The number of halogens is 3. The fraction of sp³-hybridized carbons (Fsp3) is 0.500. The lowest BCUT2D eigenvalue weighted by Gasteiger charge is -2.16. The number of alkyl halides is 3. The third kappa shape index (κ3) is 7.97. The summed E-state index contributed by atoms with van der Waals surface area (Å²) in [6, 6.07) is 5.25. The van der Waals surface area contributed by atoms with Gasteiger partial charge in [-0.2, -0.15) is 0 Å². The number of rotatable bonds is 1. The molecule has 1 saturated heterocycles. The van der Waals surface area contributed by atoms with Gasteiger partial charge in [-0.1, -0.05) is 0 Å². The minimum absolute atomic E-state index is 0.0266. The smallest absolute Gasteiger partial charge is 0.406 e. The summed E-state index contributed by atoms with van der Waals surface area (Å²) in [5.41, 5.74) is 0. The molecule has 1 aliphatic rings. The number of aliphatic hydroxyl groups excluding tert-OH is 1. The van der Waals surface area contributed by atoms with Crippen LogP contribution in [0, 0.1) is 0 Å². The van der Waals surface area contributed by atoms with Crippen LogP contribution in [0.1, 0.15) is 12.8 Å². The van der Waals surface area contributed by atoms with E-state index in [1.165, 1.54) is 24.3 Å². The van der Waals surface area contributed by atoms with Crippen molar-refractivity contribution in [3.05, 3.63) is 24.3 Å². The van der Waals surface area contributed by atoms with Crippen LogP contribution in [0.3, 0.4) is 0 Å². The highest BCUT2D eigenvalue weighted by Crippen LogP contribution is 2.23. The molecule has 7 heteroatoms. The fourth-order valence-corrected chi connectivity index (χ4v) is 1.60. The number of hydrogen-bond donors (Lipinski definition) is 3. The zero-order valence-electron chi connectivity index (χ0n) is 10.2. The molecule has 3 nitrogen and oxygen atoms in total. The molecule has 0 amide bonds. The van der Waals surface area contributed by atoms with Crippen LogP contribution in [-0.4, -0.2) is 30.7 Å². The van der Waals surface area contributed by atoms with E-state index in [1.54, 1.807) is 0 Å². The molecule has 1 fully saturated rings. The Labute approximate surface area is 115 Å². The Morgan fingerprint density at radius 3 is 2.05 bits per heavy atom. The molecule has 2 N–H and O–H groups in total. The molecule has 0 spiro atoms. The predicted octanol–water partition coefficient (Wildman–Crippen LogP) is 2.60. The van der Waals surface area contributed by atoms with Crippen LogP contribution in [0.2, 0.25) is 0 Å². The summed E-state index contributed by atoms with van der Waals surface area (Å²) in [5, 5.41) is 12.0. The van der Waals surface area contributed by atoms with Gasteiger partial charge in [0.15, 0.2) is 0 Å². The predicted molar refractivity (Wildman–Crippen MR) is 68.5 cm³/mol. The maximum Gasteiger partial charge on any atom is 0.573 e. The Balaban J connectivity index is 0.000000218. The number of hydrogen-bond acceptors (Lipinski definition) is 4. The average Bonchev–Trinajstić information content (AvgIpc) is 2.32. The zero-order chi connectivity index (χ0) is 14.3. The molecule has 1 aliphatic heterocycles. The van der Waals surface area contributed by atoms with Crippen molar-refractivity contribution in [2.45, 2.75) is 30.2 Å². The number of thiol groups is 1. The normalized spacial score (nSPS) is 16.5. The van der Waals surface area contributed by atoms with Gasteiger partial charge in [0.1, 0.15) is 5.75 Å². The standard InChI is InChI=1S/C7H5F3OS.C5H11NO/c8-7(9,10)11-5-1-3-6(12)4-2-5;7-5-1-3-6-4-2-5/h1-4,12H;5-7H,1-4H2. The third-order valence-electron chi connectivity index (χ3n) is 2.38. The Kier molecular flexibility index (Phi) is 6.47. The average molecular weight is 295 g/mol. The molecular weight excluding hydrogens is 279 g/mol. The molecule has 1 aromatic carbocycles. The Morgan fingerprint density at radius 1 is 1.16 bits per heavy atom. The van der Waals surface area contributed by atoms with Crippen molar-refractivity contribution in [1.29, 1.82) is 0 Å². The molecule has 2 rings (SSSR count). The van der Waals surface area contributed by atoms with E-state index in [1.807, 2.05) is 0 Å². The lowest BCUT2D eigenvalue weighted by molar-refractivity contribution is -0.274. The van der Waals surface area contributed by atoms with Crippen molar-refractivity contribution in [1.82, 2.24) is 5.32 Å². The summed E-state index contributed by atoms with van der Waals surface area (Å²) in [7, 11) is 0. The maximum absolute atomic E-state index is 11.6. The van der Waals surface area contributed by atoms with E-state index >= 15 is 0 Å². The SMILES string of the molecule is FC(F)(F)Oc1ccc(S)cc1.OC1CCNCC1. The largest absolute Gasteiger partial charge is 0.573 e. The lowest BCUT2D eigenvalue weighted by Crippen LogP contribution is -2.30. The minimum atomic E-state index is -4.63. The molecular formula is C12H16F3NO2S. The van der Waals surface area contributed by atoms with Crippen molar-refractivity contribution in [3.8, 4) is 5.75 Å². The minimum Gasteiger partial charge on any atom is -0.406 e. The molecule has 1 aromatic rings. The highest BCUT2D eigenvalue weighted by atomic mass is 32.1. The summed E-state index contributed by atoms with van der Waals surface area (Å²) in [4.78, 5) is 0.588. The Bertz CT molecular complexity index is 364. The van der Waals surface area contributed by atoms with Crippen molar-refractivity contribution in [3.63, 3.8) is 0 Å². The van der Waals surface area contributed by atoms with Crippen LogP contribution in [-0.2, 0) is 0 Å². The van der Waals surface area contributed by atoms with E-state index in [9.17, 15) is 13.2 Å². The second kappa shape index (κ2) is 7.62. The van der Waals surface area contributed by atoms with Crippen LogP contribution >= 0.6 is 12.6 Å². The summed E-state index contributed by atoms with van der Waals surface area (Å²) in [5.74, 6) is -0.236. The van der Waals surface area contributed by atoms with Gasteiger partial charge >= 0.3 is 6.36 Å². The first kappa shape index (κ1) is 16.1. The van der Waals surface area contributed by atoms with Gasteiger partial charge in [-0.25, -0.2) is 0 Å². The topological polar surface area (TPSA) is 41.5 Å². The van der Waals surface area contributed by atoms with Crippen LogP contribution in [0.25, 0.3) is 0 Å². The molecule has 0 radical (unpaired) electrons. The van der Waals surface area contributed by atoms with Crippen LogP contribution in [0.4, 0.5) is 13.2 Å². The molecule has 0 aromatic heterocycles. The highest BCUT2D eigenvalue weighted by molar-refractivity contribution is 7.80. The zero-order valence-corrected chi connectivity index (χ0v) is 11.0. The Morgan fingerprint density at radius 2 is 1.68 bits per heavy atom. The highest BCUT2D eigenvalue weighted by Gasteiger charge is 2.30. The second-order valence-electron chi connectivity index (χ2n) is 4.02. The summed E-state index contributed by atoms with van der Waals surface area (Å²) >= 11 is 3.91. The fourth-order valence-electron chi connectivity index (χ4n) is 1.45. The van der Waals surface area contributed by atoms with Crippen molar-refractivity contribution >= 4 is 12.6 Å². The first-order valence-electron chi connectivity index (χ1n) is 5.80. The van der Waals surface area contributed by atoms with Crippen molar-refractivity contribution < 1.29 is 23.0 Å². The number of ether oxygens (including phenoxy) is 1. The van der Waals surface area contributed by atoms with Gasteiger partial charge in [-0.15, -0.1) is 25.8 Å². The van der Waals surface area contributed by atoms with Crippen LogP contribution < -0.4 is 10.1 Å². The third-order valence-corrected chi connectivity index (χ3v) is 2.68. The van der Waals surface area contributed by atoms with E-state index in [2.05, 4.69) is 22.7 Å². The molecule has 0 aliphatic carbocycles.